The number of carbonyl (C=O) groups excluding carboxylic acids is 1. The lowest BCUT2D eigenvalue weighted by Crippen LogP contribution is -2.16. The van der Waals surface area contributed by atoms with E-state index in [9.17, 15) is 13.6 Å². The summed E-state index contributed by atoms with van der Waals surface area (Å²) in [5.74, 6) is 0.898. The molecule has 1 N–H and O–H groups in total. The Labute approximate surface area is 274 Å². The molecule has 45 heavy (non-hydrogen) atoms. The molecule has 1 unspecified atom stereocenters. The predicted molar refractivity (Wildman–Crippen MR) is 191 cm³/mol. The molecule has 1 saturated heterocycles. The molecule has 1 atom stereocenters. The zero-order valence-corrected chi connectivity index (χ0v) is 30.8. The molecule has 1 amide bonds. The van der Waals surface area contributed by atoms with Crippen molar-refractivity contribution in [2.75, 3.05) is 18.9 Å². The summed E-state index contributed by atoms with van der Waals surface area (Å²) in [5.41, 5.74) is 7.36. The number of imidazole rings is 1. The molecule has 5 nitrogen and oxygen atoms in total. The van der Waals surface area contributed by atoms with Crippen molar-refractivity contribution in [1.82, 2.24) is 14.3 Å². The van der Waals surface area contributed by atoms with E-state index in [0.29, 0.717) is 16.7 Å². The van der Waals surface area contributed by atoms with E-state index in [1.54, 1.807) is 23.8 Å². The molecule has 7 heteroatoms. The monoisotopic (exact) mass is 631 g/mol. The summed E-state index contributed by atoms with van der Waals surface area (Å²) in [6.45, 7) is 27.0. The highest BCUT2D eigenvalue weighted by Gasteiger charge is 2.24. The van der Waals surface area contributed by atoms with Gasteiger partial charge < -0.3 is 14.6 Å². The molecule has 1 fully saturated rings. The second-order valence-electron chi connectivity index (χ2n) is 12.8. The zero-order valence-electron chi connectivity index (χ0n) is 30.8. The average Bonchev–Trinajstić information content (AvgIpc) is 3.62. The lowest BCUT2D eigenvalue weighted by Gasteiger charge is -2.25. The summed E-state index contributed by atoms with van der Waals surface area (Å²) in [6, 6.07) is 1.41. The number of unbranched alkanes of at least 4 members (excludes halogenated alkanes) is 1. The molecule has 3 rings (SSSR count). The maximum Gasteiger partial charge on any atom is 0.266 e. The van der Waals surface area contributed by atoms with Crippen LogP contribution >= 0.6 is 0 Å². The number of aromatic nitrogens is 2. The summed E-state index contributed by atoms with van der Waals surface area (Å²) in [6.07, 6.45) is 14.6. The summed E-state index contributed by atoms with van der Waals surface area (Å²) in [5, 5.41) is 2.75. The normalized spacial score (nSPS) is 16.0. The molecule has 0 bridgehead atoms. The first-order valence-corrected chi connectivity index (χ1v) is 16.9. The van der Waals surface area contributed by atoms with Gasteiger partial charge in [-0.05, 0) is 81.1 Å². The van der Waals surface area contributed by atoms with Crippen molar-refractivity contribution in [3.8, 4) is 0 Å². The van der Waals surface area contributed by atoms with E-state index in [2.05, 4.69) is 85.6 Å². The molecule has 2 aromatic heterocycles. The first kappa shape index (κ1) is 42.0. The van der Waals surface area contributed by atoms with Crippen molar-refractivity contribution in [3.63, 3.8) is 0 Å². The van der Waals surface area contributed by atoms with Crippen molar-refractivity contribution in [2.24, 2.45) is 11.3 Å². The van der Waals surface area contributed by atoms with Gasteiger partial charge in [0.2, 0.25) is 6.41 Å². The lowest BCUT2D eigenvalue weighted by molar-refractivity contribution is -0.115. The maximum absolute atomic E-state index is 12.7. The number of carbonyl (C=O) groups is 1. The molecule has 1 aliphatic rings. The van der Waals surface area contributed by atoms with Crippen molar-refractivity contribution in [3.05, 3.63) is 64.3 Å². The standard InChI is InChI=1S/C14H21NO.C10H11F2N3.C10H22.C4H10/c1-5-7-12(4)13-8-9-15(10-16)14(13)11(3)6-2;1-6-4-15-5-8(13-2)7(10(11)12)3-9(15)14-6;1-6-9(3)8-10(4,5)7-2;1-3-4-2/h5,7,10H,6,8-9H2,1-4H3;3-5,10,13H,1-2H3;9H,6-8H2,1-5H3;3-4H2,1-2H3/b7-5-,13-12-,14-11?;;;. The molecule has 256 valence electrons. The van der Waals surface area contributed by atoms with Crippen LogP contribution in [0.4, 0.5) is 14.5 Å². The van der Waals surface area contributed by atoms with Crippen LogP contribution in [-0.4, -0.2) is 34.3 Å². The number of nitrogens with one attached hydrogen (secondary N) is 1. The van der Waals surface area contributed by atoms with E-state index in [0.717, 1.165) is 43.1 Å². The van der Waals surface area contributed by atoms with E-state index in [1.807, 2.05) is 24.8 Å². The van der Waals surface area contributed by atoms with Crippen LogP contribution in [0.3, 0.4) is 0 Å². The Kier molecular flexibility index (Phi) is 20.3. The molecule has 0 aliphatic carbocycles. The Hall–Kier alpha value is -2.96. The van der Waals surface area contributed by atoms with Crippen LogP contribution in [-0.2, 0) is 4.79 Å². The number of amides is 1. The Balaban J connectivity index is 0.000000623. The molecule has 0 spiro atoms. The number of nitrogens with zero attached hydrogens (tertiary/aromatic N) is 3. The van der Waals surface area contributed by atoms with Crippen LogP contribution in [0.2, 0.25) is 0 Å². The van der Waals surface area contributed by atoms with Crippen molar-refractivity contribution < 1.29 is 13.6 Å². The number of fused-ring (bicyclic) bond motifs is 1. The fourth-order valence-corrected chi connectivity index (χ4v) is 4.94. The number of anilines is 1. The van der Waals surface area contributed by atoms with Crippen LogP contribution < -0.4 is 5.32 Å². The predicted octanol–water partition coefficient (Wildman–Crippen LogP) is 11.7. The number of alkyl halides is 2. The molecule has 1 aliphatic heterocycles. The highest BCUT2D eigenvalue weighted by atomic mass is 19.3. The Morgan fingerprint density at radius 3 is 2.18 bits per heavy atom. The minimum Gasteiger partial charge on any atom is -0.387 e. The first-order valence-electron chi connectivity index (χ1n) is 16.9. The molecular formula is C38H64F2N4O. The van der Waals surface area contributed by atoms with E-state index in [1.165, 1.54) is 54.9 Å². The maximum atomic E-state index is 12.7. The van der Waals surface area contributed by atoms with Crippen LogP contribution in [0.15, 0.2) is 53.0 Å². The van der Waals surface area contributed by atoms with E-state index in [-0.39, 0.29) is 5.56 Å². The van der Waals surface area contributed by atoms with Gasteiger partial charge in [-0.1, -0.05) is 93.2 Å². The SMILES string of the molecule is C/C=C\C(C)=C1\CCN(C=O)C1=C(C)CC.CCC(C)CC(C)(C)CC.CCCC.CNc1cn2cc(C)nc2cc1C(F)F. The van der Waals surface area contributed by atoms with Crippen molar-refractivity contribution in [2.45, 2.75) is 134 Å². The molecule has 0 saturated carbocycles. The van der Waals surface area contributed by atoms with Crippen LogP contribution in [0.1, 0.15) is 139 Å². The molecule has 2 aromatic rings. The van der Waals surface area contributed by atoms with Crippen LogP contribution in [0, 0.1) is 18.3 Å². The van der Waals surface area contributed by atoms with Gasteiger partial charge in [0.05, 0.1) is 11.4 Å². The molecule has 0 radical (unpaired) electrons. The smallest absolute Gasteiger partial charge is 0.266 e. The molecule has 0 aromatic carbocycles. The number of aryl methyl sites for hydroxylation is 1. The van der Waals surface area contributed by atoms with E-state index in [4.69, 9.17) is 0 Å². The van der Waals surface area contributed by atoms with Gasteiger partial charge in [-0.15, -0.1) is 0 Å². The number of allylic oxidation sites excluding steroid dienone is 5. The van der Waals surface area contributed by atoms with Gasteiger partial charge in [0, 0.05) is 37.2 Å². The number of halogens is 2. The number of hydrogen-bond donors (Lipinski definition) is 1. The fraction of sp³-hybridized carbons (Fsp3) is 0.632. The quantitative estimate of drug-likeness (QED) is 0.266. The Bertz CT molecular complexity index is 1240. The van der Waals surface area contributed by atoms with Crippen molar-refractivity contribution >= 4 is 17.7 Å². The number of pyridine rings is 1. The van der Waals surface area contributed by atoms with Crippen LogP contribution in [0.5, 0.6) is 0 Å². The highest BCUT2D eigenvalue weighted by molar-refractivity contribution is 5.60. The second-order valence-corrected chi connectivity index (χ2v) is 12.8. The van der Waals surface area contributed by atoms with Gasteiger partial charge in [-0.3, -0.25) is 4.79 Å². The van der Waals surface area contributed by atoms with Crippen molar-refractivity contribution in [1.29, 1.82) is 0 Å². The third-order valence-electron chi connectivity index (χ3n) is 8.43. The highest BCUT2D eigenvalue weighted by Crippen LogP contribution is 2.33. The second kappa shape index (κ2) is 21.7. The fourth-order valence-electron chi connectivity index (χ4n) is 4.94. The third-order valence-corrected chi connectivity index (χ3v) is 8.43. The Morgan fingerprint density at radius 1 is 1.11 bits per heavy atom. The van der Waals surface area contributed by atoms with E-state index >= 15 is 0 Å². The lowest BCUT2D eigenvalue weighted by atomic mass is 9.80. The topological polar surface area (TPSA) is 49.6 Å². The summed E-state index contributed by atoms with van der Waals surface area (Å²) >= 11 is 0. The minimum atomic E-state index is -2.49. The first-order chi connectivity index (χ1) is 21.2. The average molecular weight is 631 g/mol. The number of rotatable bonds is 10. The molecule has 3 heterocycles. The number of likely N-dealkylation sites (tertiary alicyclic amines) is 1. The third kappa shape index (κ3) is 14.3. The Morgan fingerprint density at radius 2 is 1.73 bits per heavy atom. The van der Waals surface area contributed by atoms with Gasteiger partial charge in [0.25, 0.3) is 6.43 Å². The minimum absolute atomic E-state index is 0.0180. The van der Waals surface area contributed by atoms with E-state index < -0.39 is 6.43 Å². The van der Waals surface area contributed by atoms with Gasteiger partial charge in [-0.25, -0.2) is 13.8 Å². The summed E-state index contributed by atoms with van der Waals surface area (Å²) in [7, 11) is 1.62. The largest absolute Gasteiger partial charge is 0.387 e. The van der Waals surface area contributed by atoms with Gasteiger partial charge in [0.15, 0.2) is 0 Å². The van der Waals surface area contributed by atoms with Gasteiger partial charge >= 0.3 is 0 Å². The summed E-state index contributed by atoms with van der Waals surface area (Å²) < 4.78 is 27.1. The molecular weight excluding hydrogens is 566 g/mol. The van der Waals surface area contributed by atoms with Crippen LogP contribution in [0.25, 0.3) is 5.65 Å². The van der Waals surface area contributed by atoms with Gasteiger partial charge in [0.1, 0.15) is 5.65 Å². The summed E-state index contributed by atoms with van der Waals surface area (Å²) in [4.78, 5) is 17.0. The van der Waals surface area contributed by atoms with Gasteiger partial charge in [-0.2, -0.15) is 0 Å². The number of hydrogen-bond acceptors (Lipinski definition) is 3. The zero-order chi connectivity index (χ0) is 34.7.